The average Bonchev–Trinajstić information content (AvgIpc) is 3.24. The van der Waals surface area contributed by atoms with Gasteiger partial charge in [-0.3, -0.25) is 0 Å². The van der Waals surface area contributed by atoms with Crippen molar-refractivity contribution in [1.82, 2.24) is 4.72 Å². The first-order chi connectivity index (χ1) is 11.1. The molecule has 5 heteroatoms. The fourth-order valence-electron chi connectivity index (χ4n) is 3.20. The van der Waals surface area contributed by atoms with Crippen molar-refractivity contribution in [2.45, 2.75) is 31.1 Å². The quantitative estimate of drug-likeness (QED) is 0.853. The lowest BCUT2D eigenvalue weighted by atomic mass is 9.81. The van der Waals surface area contributed by atoms with Gasteiger partial charge in [0.25, 0.3) is 0 Å². The molecule has 122 valence electrons. The Balaban J connectivity index is 1.69. The molecule has 1 aliphatic rings. The average molecular weight is 348 g/mol. The molecule has 3 nitrogen and oxygen atoms in total. The van der Waals surface area contributed by atoms with Crippen LogP contribution in [0, 0.1) is 0 Å². The van der Waals surface area contributed by atoms with E-state index in [4.69, 9.17) is 0 Å². The fourth-order valence-corrected chi connectivity index (χ4v) is 4.89. The first kappa shape index (κ1) is 16.4. The standard InChI is InChI=1S/C18H21NO2S2/c20-23(21,13-9-16-6-2-1-3-7-16)19-15-18(10-4-5-11-18)17-8-12-22-14-17/h1-3,6-9,12-14,19H,4-5,10-11,15H2/b13-9+. The summed E-state index contributed by atoms with van der Waals surface area (Å²) < 4.78 is 27.3. The van der Waals surface area contributed by atoms with E-state index in [0.29, 0.717) is 6.54 Å². The molecule has 1 fully saturated rings. The van der Waals surface area contributed by atoms with Crippen LogP contribution < -0.4 is 4.72 Å². The fraction of sp³-hybridized carbons (Fsp3) is 0.333. The number of benzene rings is 1. The largest absolute Gasteiger partial charge is 0.233 e. The molecule has 1 aliphatic carbocycles. The van der Waals surface area contributed by atoms with Crippen LogP contribution in [0.1, 0.15) is 36.8 Å². The van der Waals surface area contributed by atoms with E-state index in [1.807, 2.05) is 30.3 Å². The Labute approximate surface area is 142 Å². The lowest BCUT2D eigenvalue weighted by Crippen LogP contribution is -2.37. The summed E-state index contributed by atoms with van der Waals surface area (Å²) in [6.45, 7) is 0.477. The third kappa shape index (κ3) is 4.10. The Hall–Kier alpha value is -1.43. The molecule has 23 heavy (non-hydrogen) atoms. The van der Waals surface area contributed by atoms with Gasteiger partial charge >= 0.3 is 0 Å². The van der Waals surface area contributed by atoms with E-state index in [-0.39, 0.29) is 5.41 Å². The molecule has 1 N–H and O–H groups in total. The van der Waals surface area contributed by atoms with Crippen LogP contribution in [0.3, 0.4) is 0 Å². The molecule has 0 amide bonds. The third-order valence-corrected chi connectivity index (χ3v) is 6.27. The van der Waals surface area contributed by atoms with Crippen molar-refractivity contribution in [3.8, 4) is 0 Å². The van der Waals surface area contributed by atoms with Gasteiger partial charge in [-0.1, -0.05) is 43.2 Å². The molecule has 3 rings (SSSR count). The van der Waals surface area contributed by atoms with Gasteiger partial charge in [0.15, 0.2) is 0 Å². The van der Waals surface area contributed by atoms with Crippen LogP contribution in [0.4, 0.5) is 0 Å². The Morgan fingerprint density at radius 2 is 1.87 bits per heavy atom. The third-order valence-electron chi connectivity index (χ3n) is 4.55. The summed E-state index contributed by atoms with van der Waals surface area (Å²) in [5.41, 5.74) is 2.12. The normalized spacial score (nSPS) is 17.7. The Morgan fingerprint density at radius 3 is 2.52 bits per heavy atom. The van der Waals surface area contributed by atoms with Crippen molar-refractivity contribution in [3.05, 3.63) is 63.7 Å². The van der Waals surface area contributed by atoms with E-state index in [2.05, 4.69) is 21.5 Å². The van der Waals surface area contributed by atoms with Crippen LogP contribution in [-0.4, -0.2) is 15.0 Å². The second kappa shape index (κ2) is 6.99. The van der Waals surface area contributed by atoms with Gasteiger partial charge in [-0.25, -0.2) is 13.1 Å². The van der Waals surface area contributed by atoms with Crippen LogP contribution in [-0.2, 0) is 15.4 Å². The Kier molecular flexibility index (Phi) is 4.99. The van der Waals surface area contributed by atoms with Gasteiger partial charge in [-0.2, -0.15) is 11.3 Å². The van der Waals surface area contributed by atoms with Crippen molar-refractivity contribution in [1.29, 1.82) is 0 Å². The highest BCUT2D eigenvalue weighted by Crippen LogP contribution is 2.41. The molecule has 2 aromatic rings. The molecule has 0 aliphatic heterocycles. The number of thiophene rings is 1. The van der Waals surface area contributed by atoms with E-state index in [1.54, 1.807) is 17.4 Å². The zero-order chi connectivity index (χ0) is 16.2. The summed E-state index contributed by atoms with van der Waals surface area (Å²) in [5, 5.41) is 5.48. The summed E-state index contributed by atoms with van der Waals surface area (Å²) in [5.74, 6) is 0. The smallest absolute Gasteiger partial charge is 0.211 e. The van der Waals surface area contributed by atoms with Gasteiger partial charge in [0.1, 0.15) is 0 Å². The summed E-state index contributed by atoms with van der Waals surface area (Å²) in [7, 11) is -3.42. The minimum absolute atomic E-state index is 0.0341. The van der Waals surface area contributed by atoms with Gasteiger partial charge in [-0.05, 0) is 46.9 Å². The SMILES string of the molecule is O=S(=O)(/C=C/c1ccccc1)NCC1(c2ccsc2)CCCC1. The molecule has 0 unspecified atom stereocenters. The molecule has 0 saturated heterocycles. The van der Waals surface area contributed by atoms with E-state index in [1.165, 1.54) is 11.0 Å². The van der Waals surface area contributed by atoms with E-state index in [0.717, 1.165) is 31.2 Å². The molecular weight excluding hydrogens is 326 g/mol. The molecule has 0 atom stereocenters. The van der Waals surface area contributed by atoms with Crippen LogP contribution in [0.15, 0.2) is 52.6 Å². The number of nitrogens with one attached hydrogen (secondary N) is 1. The van der Waals surface area contributed by atoms with Crippen molar-refractivity contribution in [2.75, 3.05) is 6.54 Å². The van der Waals surface area contributed by atoms with E-state index < -0.39 is 10.0 Å². The van der Waals surface area contributed by atoms with Crippen LogP contribution >= 0.6 is 11.3 Å². The van der Waals surface area contributed by atoms with Gasteiger partial charge in [0, 0.05) is 17.4 Å². The number of hydrogen-bond acceptors (Lipinski definition) is 3. The molecule has 1 heterocycles. The zero-order valence-corrected chi connectivity index (χ0v) is 14.6. The maximum Gasteiger partial charge on any atom is 0.233 e. The second-order valence-corrected chi connectivity index (χ2v) is 8.51. The number of sulfonamides is 1. The number of rotatable bonds is 6. The summed E-state index contributed by atoms with van der Waals surface area (Å²) >= 11 is 1.67. The highest BCUT2D eigenvalue weighted by Gasteiger charge is 2.36. The first-order valence-corrected chi connectivity index (χ1v) is 10.3. The highest BCUT2D eigenvalue weighted by atomic mass is 32.2. The summed E-state index contributed by atoms with van der Waals surface area (Å²) in [4.78, 5) is 0. The minimum Gasteiger partial charge on any atom is -0.211 e. The van der Waals surface area contributed by atoms with E-state index >= 15 is 0 Å². The van der Waals surface area contributed by atoms with Gasteiger partial charge in [-0.15, -0.1) is 0 Å². The van der Waals surface area contributed by atoms with Crippen LogP contribution in [0.25, 0.3) is 6.08 Å². The minimum atomic E-state index is -3.42. The first-order valence-electron chi connectivity index (χ1n) is 7.85. The van der Waals surface area contributed by atoms with E-state index in [9.17, 15) is 8.42 Å². The molecular formula is C18H21NO2S2. The van der Waals surface area contributed by atoms with Gasteiger partial charge in [0.05, 0.1) is 0 Å². The molecule has 1 aromatic heterocycles. The summed E-state index contributed by atoms with van der Waals surface area (Å²) in [6, 6.07) is 11.6. The molecule has 1 aromatic carbocycles. The monoisotopic (exact) mass is 347 g/mol. The molecule has 0 radical (unpaired) electrons. The van der Waals surface area contributed by atoms with Crippen molar-refractivity contribution < 1.29 is 8.42 Å². The lowest BCUT2D eigenvalue weighted by molar-refractivity contribution is 0.435. The van der Waals surface area contributed by atoms with Gasteiger partial charge in [0.2, 0.25) is 10.0 Å². The highest BCUT2D eigenvalue weighted by molar-refractivity contribution is 7.92. The maximum absolute atomic E-state index is 12.3. The van der Waals surface area contributed by atoms with Crippen molar-refractivity contribution >= 4 is 27.4 Å². The van der Waals surface area contributed by atoms with Crippen molar-refractivity contribution in [2.24, 2.45) is 0 Å². The molecule has 0 spiro atoms. The second-order valence-electron chi connectivity index (χ2n) is 6.08. The Bertz CT molecular complexity index is 744. The predicted octanol–water partition coefficient (Wildman–Crippen LogP) is 4.15. The summed E-state index contributed by atoms with van der Waals surface area (Å²) in [6.07, 6.45) is 6.06. The van der Waals surface area contributed by atoms with Gasteiger partial charge < -0.3 is 0 Å². The number of hydrogen-bond donors (Lipinski definition) is 1. The molecule has 1 saturated carbocycles. The van der Waals surface area contributed by atoms with Crippen molar-refractivity contribution in [3.63, 3.8) is 0 Å². The van der Waals surface area contributed by atoms with Crippen LogP contribution in [0.2, 0.25) is 0 Å². The molecule has 0 bridgehead atoms. The Morgan fingerprint density at radius 1 is 1.13 bits per heavy atom. The maximum atomic E-state index is 12.3. The predicted molar refractivity (Wildman–Crippen MR) is 96.9 cm³/mol. The zero-order valence-electron chi connectivity index (χ0n) is 12.9. The topological polar surface area (TPSA) is 46.2 Å². The lowest BCUT2D eigenvalue weighted by Gasteiger charge is -2.28. The van der Waals surface area contributed by atoms with Crippen LogP contribution in [0.5, 0.6) is 0 Å².